The Morgan fingerprint density at radius 1 is 1.42 bits per heavy atom. The monoisotopic (exact) mass is 169 g/mol. The predicted molar refractivity (Wildman–Crippen MR) is 48.5 cm³/mol. The molecule has 0 aliphatic heterocycles. The van der Waals surface area contributed by atoms with Crippen LogP contribution in [0.25, 0.3) is 0 Å². The standard InChI is InChI=1S/C8H12FN3/c1-12(2)8-5-6(9)3-4-7(8)11-10/h3-5,11H,10H2,1-2H3. The number of hydrogen-bond acceptors (Lipinski definition) is 3. The Labute approximate surface area is 70.9 Å². The number of hydrazine groups is 1. The number of nitrogens with one attached hydrogen (secondary N) is 1. The number of benzene rings is 1. The van der Waals surface area contributed by atoms with E-state index in [2.05, 4.69) is 5.43 Å². The van der Waals surface area contributed by atoms with Crippen molar-refractivity contribution in [1.29, 1.82) is 0 Å². The van der Waals surface area contributed by atoms with Gasteiger partial charge in [0, 0.05) is 14.1 Å². The Morgan fingerprint density at radius 2 is 2.08 bits per heavy atom. The Hall–Kier alpha value is -1.29. The second-order valence-corrected chi connectivity index (χ2v) is 2.70. The summed E-state index contributed by atoms with van der Waals surface area (Å²) >= 11 is 0. The Bertz CT molecular complexity index is 273. The quantitative estimate of drug-likeness (QED) is 0.516. The Kier molecular flexibility index (Phi) is 2.50. The van der Waals surface area contributed by atoms with Gasteiger partial charge < -0.3 is 10.3 Å². The lowest BCUT2D eigenvalue weighted by Crippen LogP contribution is -2.15. The number of rotatable bonds is 2. The van der Waals surface area contributed by atoms with E-state index in [0.29, 0.717) is 5.69 Å². The first-order chi connectivity index (χ1) is 5.65. The topological polar surface area (TPSA) is 41.3 Å². The number of hydrogen-bond donors (Lipinski definition) is 2. The van der Waals surface area contributed by atoms with Gasteiger partial charge in [-0.15, -0.1) is 0 Å². The average Bonchev–Trinajstić information content (AvgIpc) is 2.04. The zero-order valence-electron chi connectivity index (χ0n) is 7.13. The van der Waals surface area contributed by atoms with Crippen LogP contribution in [0.15, 0.2) is 18.2 Å². The van der Waals surface area contributed by atoms with Gasteiger partial charge in [0.2, 0.25) is 0 Å². The van der Waals surface area contributed by atoms with Crippen LogP contribution in [0.5, 0.6) is 0 Å². The zero-order valence-corrected chi connectivity index (χ0v) is 7.13. The number of nitrogens with zero attached hydrogens (tertiary/aromatic N) is 1. The van der Waals surface area contributed by atoms with E-state index in [9.17, 15) is 4.39 Å². The summed E-state index contributed by atoms with van der Waals surface area (Å²) in [5.41, 5.74) is 3.94. The number of nitrogens with two attached hydrogens (primary N) is 1. The van der Waals surface area contributed by atoms with Crippen molar-refractivity contribution in [3.05, 3.63) is 24.0 Å². The van der Waals surface area contributed by atoms with Crippen molar-refractivity contribution >= 4 is 11.4 Å². The van der Waals surface area contributed by atoms with E-state index in [1.165, 1.54) is 12.1 Å². The number of nitrogen functional groups attached to an aromatic ring is 1. The van der Waals surface area contributed by atoms with Crippen LogP contribution in [0, 0.1) is 5.82 Å². The van der Waals surface area contributed by atoms with Crippen molar-refractivity contribution in [2.24, 2.45) is 5.84 Å². The summed E-state index contributed by atoms with van der Waals surface area (Å²) in [6.45, 7) is 0. The molecule has 66 valence electrons. The normalized spacial score (nSPS) is 9.67. The first-order valence-electron chi connectivity index (χ1n) is 3.58. The van der Waals surface area contributed by atoms with E-state index in [1.54, 1.807) is 11.0 Å². The van der Waals surface area contributed by atoms with E-state index in [1.807, 2.05) is 14.1 Å². The third-order valence-electron chi connectivity index (χ3n) is 1.60. The van der Waals surface area contributed by atoms with Crippen LogP contribution < -0.4 is 16.2 Å². The minimum Gasteiger partial charge on any atom is -0.376 e. The third kappa shape index (κ3) is 1.65. The molecule has 1 aromatic rings. The lowest BCUT2D eigenvalue weighted by atomic mass is 10.2. The molecule has 0 saturated heterocycles. The molecule has 0 radical (unpaired) electrons. The van der Waals surface area contributed by atoms with Crippen molar-refractivity contribution in [1.82, 2.24) is 0 Å². The maximum Gasteiger partial charge on any atom is 0.125 e. The van der Waals surface area contributed by atoms with Crippen LogP contribution in [0.2, 0.25) is 0 Å². The molecule has 0 saturated carbocycles. The number of anilines is 2. The molecule has 0 aliphatic carbocycles. The summed E-state index contributed by atoms with van der Waals surface area (Å²) in [5.74, 6) is 4.97. The van der Waals surface area contributed by atoms with Gasteiger partial charge >= 0.3 is 0 Å². The molecule has 1 rings (SSSR count). The Balaban J connectivity index is 3.12. The molecule has 0 aliphatic rings. The minimum atomic E-state index is -0.266. The average molecular weight is 169 g/mol. The van der Waals surface area contributed by atoms with Gasteiger partial charge in [0.05, 0.1) is 11.4 Å². The van der Waals surface area contributed by atoms with Crippen LogP contribution >= 0.6 is 0 Å². The molecule has 12 heavy (non-hydrogen) atoms. The lowest BCUT2D eigenvalue weighted by Gasteiger charge is -2.16. The highest BCUT2D eigenvalue weighted by Crippen LogP contribution is 2.23. The molecule has 3 N–H and O–H groups in total. The van der Waals surface area contributed by atoms with Crippen LogP contribution in [0.3, 0.4) is 0 Å². The van der Waals surface area contributed by atoms with E-state index >= 15 is 0 Å². The summed E-state index contributed by atoms with van der Waals surface area (Å²) in [6, 6.07) is 4.39. The molecule has 0 fully saturated rings. The summed E-state index contributed by atoms with van der Waals surface area (Å²) in [6.07, 6.45) is 0. The van der Waals surface area contributed by atoms with Gasteiger partial charge in [-0.3, -0.25) is 5.84 Å². The van der Waals surface area contributed by atoms with Gasteiger partial charge in [-0.25, -0.2) is 4.39 Å². The van der Waals surface area contributed by atoms with E-state index < -0.39 is 0 Å². The van der Waals surface area contributed by atoms with Gasteiger partial charge in [0.25, 0.3) is 0 Å². The number of halogens is 1. The van der Waals surface area contributed by atoms with Crippen LogP contribution in [0.1, 0.15) is 0 Å². The molecule has 0 spiro atoms. The minimum absolute atomic E-state index is 0.266. The van der Waals surface area contributed by atoms with Gasteiger partial charge in [-0.2, -0.15) is 0 Å². The summed E-state index contributed by atoms with van der Waals surface area (Å²) < 4.78 is 12.7. The van der Waals surface area contributed by atoms with Gasteiger partial charge in [-0.05, 0) is 18.2 Å². The molecular weight excluding hydrogens is 157 g/mol. The fraction of sp³-hybridized carbons (Fsp3) is 0.250. The summed E-state index contributed by atoms with van der Waals surface area (Å²) in [4.78, 5) is 1.79. The molecule has 0 heterocycles. The third-order valence-corrected chi connectivity index (χ3v) is 1.60. The van der Waals surface area contributed by atoms with E-state index in [0.717, 1.165) is 5.69 Å². The van der Waals surface area contributed by atoms with Gasteiger partial charge in [-0.1, -0.05) is 0 Å². The second-order valence-electron chi connectivity index (χ2n) is 2.70. The van der Waals surface area contributed by atoms with Crippen LogP contribution in [-0.2, 0) is 0 Å². The molecule has 4 heteroatoms. The van der Waals surface area contributed by atoms with Crippen molar-refractivity contribution < 1.29 is 4.39 Å². The summed E-state index contributed by atoms with van der Waals surface area (Å²) in [7, 11) is 3.66. The SMILES string of the molecule is CN(C)c1cc(F)ccc1NN. The van der Waals surface area contributed by atoms with E-state index in [4.69, 9.17) is 5.84 Å². The summed E-state index contributed by atoms with van der Waals surface area (Å²) in [5, 5.41) is 0. The van der Waals surface area contributed by atoms with Crippen molar-refractivity contribution in [2.75, 3.05) is 24.4 Å². The molecule has 1 aromatic carbocycles. The van der Waals surface area contributed by atoms with Crippen molar-refractivity contribution in [2.45, 2.75) is 0 Å². The Morgan fingerprint density at radius 3 is 2.58 bits per heavy atom. The first kappa shape index (κ1) is 8.80. The predicted octanol–water partition coefficient (Wildman–Crippen LogP) is 1.18. The first-order valence-corrected chi connectivity index (χ1v) is 3.58. The molecule has 0 amide bonds. The van der Waals surface area contributed by atoms with Crippen LogP contribution in [-0.4, -0.2) is 14.1 Å². The van der Waals surface area contributed by atoms with Crippen LogP contribution in [0.4, 0.5) is 15.8 Å². The van der Waals surface area contributed by atoms with Crippen molar-refractivity contribution in [3.8, 4) is 0 Å². The van der Waals surface area contributed by atoms with Crippen molar-refractivity contribution in [3.63, 3.8) is 0 Å². The second kappa shape index (κ2) is 3.40. The highest BCUT2D eigenvalue weighted by molar-refractivity contribution is 5.68. The molecule has 0 aromatic heterocycles. The molecule has 3 nitrogen and oxygen atoms in total. The largest absolute Gasteiger partial charge is 0.376 e. The fourth-order valence-corrected chi connectivity index (χ4v) is 0.997. The zero-order chi connectivity index (χ0) is 9.14. The highest BCUT2D eigenvalue weighted by atomic mass is 19.1. The fourth-order valence-electron chi connectivity index (χ4n) is 0.997. The van der Waals surface area contributed by atoms with Gasteiger partial charge in [0.1, 0.15) is 5.82 Å². The molecular formula is C8H12FN3. The maximum atomic E-state index is 12.7. The lowest BCUT2D eigenvalue weighted by molar-refractivity contribution is 0.628. The molecule has 0 atom stereocenters. The maximum absolute atomic E-state index is 12.7. The smallest absolute Gasteiger partial charge is 0.125 e. The van der Waals surface area contributed by atoms with Gasteiger partial charge in [0.15, 0.2) is 0 Å². The van der Waals surface area contributed by atoms with E-state index in [-0.39, 0.29) is 5.82 Å². The molecule has 0 unspecified atom stereocenters. The molecule has 0 bridgehead atoms. The highest BCUT2D eigenvalue weighted by Gasteiger charge is 2.03.